The molecule has 288 valence electrons. The van der Waals surface area contributed by atoms with Crippen LogP contribution >= 0.6 is 0 Å². The standard InChI is InChI=1S/C59H39BN2/c1-5-18-40(19-6-1)42-32-34-48(35-33-42)62-55-38-44-23-14-13-22-43(44)36-49(55)50-37-45(41-20-7-2-8-21-41)39-56-57(50)60(62)53-30-17-29-52-58(53)61(56)54-31-16-15-28-51(54)59(52,46-24-9-3-10-25-46)47-26-11-4-12-27-47/h1-39H. The van der Waals surface area contributed by atoms with E-state index in [-0.39, 0.29) is 6.85 Å². The van der Waals surface area contributed by atoms with Gasteiger partial charge in [-0.05, 0) is 114 Å². The maximum atomic E-state index is 2.64. The van der Waals surface area contributed by atoms with Crippen LogP contribution in [0.1, 0.15) is 22.3 Å². The molecular weight excluding hydrogens is 747 g/mol. The third-order valence-corrected chi connectivity index (χ3v) is 13.7. The van der Waals surface area contributed by atoms with Crippen molar-refractivity contribution in [2.45, 2.75) is 5.41 Å². The summed E-state index contributed by atoms with van der Waals surface area (Å²) in [6, 6.07) is 88.1. The molecule has 0 saturated carbocycles. The van der Waals surface area contributed by atoms with E-state index in [1.54, 1.807) is 0 Å². The molecule has 0 radical (unpaired) electrons. The van der Waals surface area contributed by atoms with E-state index >= 15 is 0 Å². The van der Waals surface area contributed by atoms with Crippen molar-refractivity contribution in [1.29, 1.82) is 0 Å². The number of hydrogen-bond donors (Lipinski definition) is 0. The fraction of sp³-hybridized carbons (Fsp3) is 0.0169. The van der Waals surface area contributed by atoms with Crippen molar-refractivity contribution in [2.75, 3.05) is 9.71 Å². The van der Waals surface area contributed by atoms with Crippen molar-refractivity contribution in [3.8, 4) is 33.4 Å². The summed E-state index contributed by atoms with van der Waals surface area (Å²) in [6.07, 6.45) is 0. The van der Waals surface area contributed by atoms with E-state index in [9.17, 15) is 0 Å². The molecule has 0 bridgehead atoms. The quantitative estimate of drug-likeness (QED) is 0.160. The number of para-hydroxylation sites is 2. The minimum Gasteiger partial charge on any atom is -0.376 e. The average Bonchev–Trinajstić information content (AvgIpc) is 3.35. The molecule has 2 nitrogen and oxygen atoms in total. The highest BCUT2D eigenvalue weighted by Gasteiger charge is 2.53. The van der Waals surface area contributed by atoms with Gasteiger partial charge < -0.3 is 9.71 Å². The predicted octanol–water partition coefficient (Wildman–Crippen LogP) is 13.6. The van der Waals surface area contributed by atoms with E-state index in [1.165, 1.54) is 100 Å². The van der Waals surface area contributed by atoms with E-state index in [1.807, 2.05) is 0 Å². The molecule has 3 aliphatic rings. The van der Waals surface area contributed by atoms with Crippen molar-refractivity contribution in [2.24, 2.45) is 0 Å². The number of nitrogens with zero attached hydrogens (tertiary/aromatic N) is 2. The van der Waals surface area contributed by atoms with Gasteiger partial charge in [0.2, 0.25) is 0 Å². The molecule has 0 N–H and O–H groups in total. The van der Waals surface area contributed by atoms with Crippen molar-refractivity contribution < 1.29 is 0 Å². The summed E-state index contributed by atoms with van der Waals surface area (Å²) in [5, 5.41) is 2.47. The fourth-order valence-corrected chi connectivity index (χ4v) is 11.1. The van der Waals surface area contributed by atoms with Crippen LogP contribution in [0.15, 0.2) is 237 Å². The van der Waals surface area contributed by atoms with Crippen LogP contribution < -0.4 is 20.6 Å². The molecule has 3 heteroatoms. The van der Waals surface area contributed by atoms with E-state index in [2.05, 4.69) is 246 Å². The Labute approximate surface area is 362 Å². The Hall–Kier alpha value is -7.88. The molecule has 0 fully saturated rings. The second-order valence-electron chi connectivity index (χ2n) is 16.8. The Balaban J connectivity index is 1.17. The van der Waals surface area contributed by atoms with E-state index in [0.717, 1.165) is 5.69 Å². The van der Waals surface area contributed by atoms with Crippen molar-refractivity contribution >= 4 is 57.0 Å². The molecule has 13 rings (SSSR count). The SMILES string of the molecule is c1ccc(-c2ccc(N3B4c5cccc6c5N(c5ccccc5C6(c5ccccc5)c5ccccc5)c5cc(-c6ccccc6)cc(c54)-c4cc5ccccc5cc43)cc2)cc1. The Morgan fingerprint density at radius 3 is 1.58 bits per heavy atom. The summed E-state index contributed by atoms with van der Waals surface area (Å²) in [6.45, 7) is -0.123. The van der Waals surface area contributed by atoms with Crippen LogP contribution in [0.25, 0.3) is 44.2 Å². The number of fused-ring (bicyclic) bond motifs is 7. The summed E-state index contributed by atoms with van der Waals surface area (Å²) in [5.41, 5.74) is 20.5. The molecule has 0 atom stereocenters. The first-order valence-electron chi connectivity index (χ1n) is 21.6. The molecule has 0 spiro atoms. The Morgan fingerprint density at radius 1 is 0.355 bits per heavy atom. The van der Waals surface area contributed by atoms with Gasteiger partial charge in [0.25, 0.3) is 0 Å². The van der Waals surface area contributed by atoms with Gasteiger partial charge in [0, 0.05) is 28.3 Å². The lowest BCUT2D eigenvalue weighted by atomic mass is 9.42. The molecule has 3 heterocycles. The van der Waals surface area contributed by atoms with Gasteiger partial charge in [-0.1, -0.05) is 194 Å². The smallest absolute Gasteiger partial charge is 0.333 e. The number of anilines is 5. The van der Waals surface area contributed by atoms with Crippen molar-refractivity contribution in [3.05, 3.63) is 259 Å². The Kier molecular flexibility index (Phi) is 7.65. The lowest BCUT2D eigenvalue weighted by Crippen LogP contribution is -2.62. The molecular formula is C59H39BN2. The zero-order chi connectivity index (χ0) is 40.8. The largest absolute Gasteiger partial charge is 0.376 e. The van der Waals surface area contributed by atoms with E-state index in [4.69, 9.17) is 0 Å². The van der Waals surface area contributed by atoms with Gasteiger partial charge in [-0.15, -0.1) is 0 Å². The van der Waals surface area contributed by atoms with E-state index in [0.29, 0.717) is 0 Å². The highest BCUT2D eigenvalue weighted by Crippen LogP contribution is 2.59. The molecule has 3 aliphatic heterocycles. The second-order valence-corrected chi connectivity index (χ2v) is 16.8. The monoisotopic (exact) mass is 786 g/mol. The highest BCUT2D eigenvalue weighted by molar-refractivity contribution is 6.93. The predicted molar refractivity (Wildman–Crippen MR) is 260 cm³/mol. The van der Waals surface area contributed by atoms with Crippen LogP contribution in [0.5, 0.6) is 0 Å². The zero-order valence-corrected chi connectivity index (χ0v) is 34.0. The summed E-state index contributed by atoms with van der Waals surface area (Å²) >= 11 is 0. The topological polar surface area (TPSA) is 6.48 Å². The van der Waals surface area contributed by atoms with Crippen molar-refractivity contribution in [1.82, 2.24) is 0 Å². The first kappa shape index (κ1) is 34.9. The minimum atomic E-state index is -0.580. The summed E-state index contributed by atoms with van der Waals surface area (Å²) in [4.78, 5) is 5.26. The molecule has 0 saturated heterocycles. The summed E-state index contributed by atoms with van der Waals surface area (Å²) in [7, 11) is 0. The van der Waals surface area contributed by atoms with Crippen LogP contribution in [0.2, 0.25) is 0 Å². The van der Waals surface area contributed by atoms with Crippen molar-refractivity contribution in [3.63, 3.8) is 0 Å². The van der Waals surface area contributed by atoms with E-state index < -0.39 is 5.41 Å². The third-order valence-electron chi connectivity index (χ3n) is 13.7. The van der Waals surface area contributed by atoms with Gasteiger partial charge >= 0.3 is 6.85 Å². The molecule has 0 aliphatic carbocycles. The summed E-state index contributed by atoms with van der Waals surface area (Å²) in [5.74, 6) is 0. The van der Waals surface area contributed by atoms with Crippen LogP contribution in [-0.2, 0) is 5.41 Å². The van der Waals surface area contributed by atoms with Gasteiger partial charge in [-0.25, -0.2) is 0 Å². The number of hydrogen-bond acceptors (Lipinski definition) is 2. The molecule has 0 amide bonds. The molecule has 62 heavy (non-hydrogen) atoms. The normalized spacial score (nSPS) is 13.8. The number of benzene rings is 10. The minimum absolute atomic E-state index is 0.123. The van der Waals surface area contributed by atoms with Gasteiger partial charge in [0.15, 0.2) is 0 Å². The maximum absolute atomic E-state index is 2.64. The van der Waals surface area contributed by atoms with Gasteiger partial charge in [0.05, 0.1) is 11.1 Å². The maximum Gasteiger partial charge on any atom is 0.333 e. The average molecular weight is 787 g/mol. The fourth-order valence-electron chi connectivity index (χ4n) is 11.1. The van der Waals surface area contributed by atoms with Crippen LogP contribution in [0.3, 0.4) is 0 Å². The zero-order valence-electron chi connectivity index (χ0n) is 34.0. The number of rotatable bonds is 5. The third kappa shape index (κ3) is 4.94. The first-order valence-corrected chi connectivity index (χ1v) is 21.6. The second kappa shape index (κ2) is 13.6. The Bertz CT molecular complexity index is 3310. The summed E-state index contributed by atoms with van der Waals surface area (Å²) < 4.78 is 0. The van der Waals surface area contributed by atoms with Gasteiger partial charge in [-0.3, -0.25) is 0 Å². The van der Waals surface area contributed by atoms with Gasteiger partial charge in [0.1, 0.15) is 0 Å². The van der Waals surface area contributed by atoms with Crippen LogP contribution in [0.4, 0.5) is 28.4 Å². The molecule has 10 aromatic rings. The van der Waals surface area contributed by atoms with Crippen LogP contribution in [-0.4, -0.2) is 6.85 Å². The Morgan fingerprint density at radius 2 is 0.903 bits per heavy atom. The lowest BCUT2D eigenvalue weighted by molar-refractivity contribution is 0.732. The molecule has 0 aromatic heterocycles. The lowest BCUT2D eigenvalue weighted by Gasteiger charge is -2.52. The van der Waals surface area contributed by atoms with Gasteiger partial charge in [-0.2, -0.15) is 0 Å². The molecule has 10 aromatic carbocycles. The first-order chi connectivity index (χ1) is 30.8. The highest BCUT2D eigenvalue weighted by atomic mass is 15.2. The molecule has 0 unspecified atom stereocenters. The van der Waals surface area contributed by atoms with Crippen LogP contribution in [0, 0.1) is 0 Å².